The van der Waals surface area contributed by atoms with Gasteiger partial charge in [-0.25, -0.2) is 0 Å². The molecule has 0 radical (unpaired) electrons. The highest BCUT2D eigenvalue weighted by Crippen LogP contribution is 2.46. The smallest absolute Gasteiger partial charge is 0.0114 e. The fourth-order valence-electron chi connectivity index (χ4n) is 11.2. The van der Waals surface area contributed by atoms with Crippen molar-refractivity contribution in [2.45, 2.75) is 215 Å². The fraction of sp³-hybridized carbons (Fsp3) is 0.463. The zero-order valence-electron chi connectivity index (χ0n) is 48.0. The number of rotatable bonds is 3. The van der Waals surface area contributed by atoms with E-state index in [-0.39, 0.29) is 7.43 Å². The second-order valence-corrected chi connectivity index (χ2v) is 21.0. The number of hydrogen-bond donors (Lipinski definition) is 0. The Balaban J connectivity index is 0.000000293. The van der Waals surface area contributed by atoms with Gasteiger partial charge in [-0.05, 0) is 408 Å². The first kappa shape index (κ1) is 56.6. The summed E-state index contributed by atoms with van der Waals surface area (Å²) in [4.78, 5) is 0. The van der Waals surface area contributed by atoms with Crippen LogP contribution in [0.4, 0.5) is 0 Å². The van der Waals surface area contributed by atoms with Crippen LogP contribution in [-0.4, -0.2) is 0 Å². The maximum Gasteiger partial charge on any atom is -0.0114 e. The Morgan fingerprint density at radius 3 is 0.209 bits per heavy atom. The largest absolute Gasteiger partial charge is 0.0776 e. The molecule has 0 spiro atoms. The number of hydrogen-bond acceptors (Lipinski definition) is 0. The summed E-state index contributed by atoms with van der Waals surface area (Å²) >= 11 is 0. The number of benzene rings is 6. The van der Waals surface area contributed by atoms with Crippen LogP contribution in [0.2, 0.25) is 0 Å². The minimum atomic E-state index is 0. The van der Waals surface area contributed by atoms with Crippen molar-refractivity contribution in [3.05, 3.63) is 167 Å². The molecule has 0 aromatic heterocycles. The predicted molar refractivity (Wildman–Crippen MR) is 304 cm³/mol. The molecule has 362 valence electrons. The van der Waals surface area contributed by atoms with E-state index in [1.54, 1.807) is 0 Å². The summed E-state index contributed by atoms with van der Waals surface area (Å²) in [6.07, 6.45) is 0. The summed E-state index contributed by atoms with van der Waals surface area (Å²) in [6, 6.07) is 0. The maximum absolute atomic E-state index is 2.34. The molecular formula is C67H94. The van der Waals surface area contributed by atoms with Crippen molar-refractivity contribution in [3.8, 4) is 33.4 Å². The van der Waals surface area contributed by atoms with E-state index in [9.17, 15) is 0 Å². The van der Waals surface area contributed by atoms with Crippen LogP contribution < -0.4 is 0 Å². The molecule has 0 unspecified atom stereocenters. The first-order chi connectivity index (χ1) is 30.3. The molecule has 0 fully saturated rings. The lowest BCUT2D eigenvalue weighted by Crippen LogP contribution is -2.07. The first-order valence-electron chi connectivity index (χ1n) is 24.8. The van der Waals surface area contributed by atoms with E-state index in [1.165, 1.54) is 200 Å². The molecule has 0 amide bonds. The summed E-state index contributed by atoms with van der Waals surface area (Å²) < 4.78 is 0. The van der Waals surface area contributed by atoms with E-state index in [0.29, 0.717) is 0 Å². The van der Waals surface area contributed by atoms with E-state index in [2.05, 4.69) is 208 Å². The Morgan fingerprint density at radius 1 is 0.0896 bits per heavy atom. The minimum Gasteiger partial charge on any atom is -0.0776 e. The van der Waals surface area contributed by atoms with E-state index >= 15 is 0 Å². The van der Waals surface area contributed by atoms with Crippen LogP contribution in [0.25, 0.3) is 33.4 Å². The second kappa shape index (κ2) is 20.9. The molecular weight excluding hydrogens is 805 g/mol. The summed E-state index contributed by atoms with van der Waals surface area (Å²) in [6.45, 7) is 68.2. The van der Waals surface area contributed by atoms with E-state index in [1.807, 2.05) is 0 Å². The van der Waals surface area contributed by atoms with Crippen molar-refractivity contribution in [3.63, 3.8) is 0 Å². The molecule has 6 aromatic rings. The van der Waals surface area contributed by atoms with Gasteiger partial charge in [-0.1, -0.05) is 7.43 Å². The van der Waals surface area contributed by atoms with Crippen molar-refractivity contribution in [1.82, 2.24) is 0 Å². The molecule has 0 nitrogen and oxygen atoms in total. The van der Waals surface area contributed by atoms with Crippen LogP contribution >= 0.6 is 0 Å². The van der Waals surface area contributed by atoms with Crippen molar-refractivity contribution >= 4 is 0 Å². The zero-order chi connectivity index (χ0) is 50.8. The molecule has 6 rings (SSSR count). The highest BCUT2D eigenvalue weighted by Gasteiger charge is 2.25. The fourth-order valence-corrected chi connectivity index (χ4v) is 11.2. The Hall–Kier alpha value is -4.68. The third-order valence-electron chi connectivity index (χ3n) is 18.8. The summed E-state index contributed by atoms with van der Waals surface area (Å²) in [5.74, 6) is 0. The van der Waals surface area contributed by atoms with Crippen LogP contribution in [-0.2, 0) is 0 Å². The van der Waals surface area contributed by atoms with Gasteiger partial charge in [0.05, 0.1) is 0 Å². The highest BCUT2D eigenvalue weighted by molar-refractivity contribution is 5.89. The Kier molecular flexibility index (Phi) is 17.7. The SMILES string of the molecule is C.Cc1c(C)c(C)c(-c2c(C)c(C)c(-c3c(C)c(C)c(C)c(C)c3C)c(C)c2C)c(C)c1C.Cc1c(C)c(C)c(-c2c(C)c(C)c(C)c(C)c2C)c(C)c1C.Cc1c(C)c(C)c(C)c(C)c1C. The standard InChI is InChI=1S/C32H42.C22H30.C12H18.CH4/c1-15-17(3)21(7)29(22(8)18(15)4)31-25(11)27(13)32(28(14)26(31)12)30-23(9)19(5)16(2)20(6)24(30)10;1-11-13(3)17(7)21(18(8)14(11)4)22-19(9)15(5)12(2)16(6)20(22)10;1-7-8(2)10(4)12(6)11(5)9(7)3;/h1-14H3;1-10H3;1-6H3;1H4. The quantitative estimate of drug-likeness (QED) is 0.166. The van der Waals surface area contributed by atoms with Gasteiger partial charge in [0.1, 0.15) is 0 Å². The van der Waals surface area contributed by atoms with Gasteiger partial charge in [0, 0.05) is 0 Å². The van der Waals surface area contributed by atoms with E-state index in [4.69, 9.17) is 0 Å². The highest BCUT2D eigenvalue weighted by atomic mass is 14.3. The molecule has 67 heavy (non-hydrogen) atoms. The Labute approximate surface area is 413 Å². The molecule has 0 aliphatic rings. The molecule has 0 saturated carbocycles. The predicted octanol–water partition coefficient (Wildman–Crippen LogP) is 19.9. The van der Waals surface area contributed by atoms with Crippen molar-refractivity contribution in [2.24, 2.45) is 0 Å². The summed E-state index contributed by atoms with van der Waals surface area (Å²) in [5, 5.41) is 0. The van der Waals surface area contributed by atoms with Crippen LogP contribution in [0.1, 0.15) is 174 Å². The molecule has 0 saturated heterocycles. The van der Waals surface area contributed by atoms with Gasteiger partial charge < -0.3 is 0 Å². The van der Waals surface area contributed by atoms with Gasteiger partial charge in [0.15, 0.2) is 0 Å². The summed E-state index contributed by atoms with van der Waals surface area (Å²) in [7, 11) is 0. The van der Waals surface area contributed by atoms with Gasteiger partial charge in [0.2, 0.25) is 0 Å². The molecule has 0 bridgehead atoms. The molecule has 0 heteroatoms. The lowest BCUT2D eigenvalue weighted by Gasteiger charge is -2.28. The third kappa shape index (κ3) is 9.42. The van der Waals surface area contributed by atoms with Crippen molar-refractivity contribution in [2.75, 3.05) is 0 Å². The normalized spacial score (nSPS) is 11.0. The molecule has 6 aromatic carbocycles. The maximum atomic E-state index is 2.34. The van der Waals surface area contributed by atoms with Gasteiger partial charge in [-0.3, -0.25) is 0 Å². The topological polar surface area (TPSA) is 0 Å². The third-order valence-corrected chi connectivity index (χ3v) is 18.8. The zero-order valence-corrected chi connectivity index (χ0v) is 48.0. The molecule has 0 aliphatic heterocycles. The van der Waals surface area contributed by atoms with Gasteiger partial charge in [-0.2, -0.15) is 0 Å². The minimum absolute atomic E-state index is 0. The lowest BCUT2D eigenvalue weighted by atomic mass is 9.76. The first-order valence-corrected chi connectivity index (χ1v) is 24.8. The Morgan fingerprint density at radius 2 is 0.134 bits per heavy atom. The van der Waals surface area contributed by atoms with Gasteiger partial charge in [-0.15, -0.1) is 0 Å². The van der Waals surface area contributed by atoms with Gasteiger partial charge >= 0.3 is 0 Å². The van der Waals surface area contributed by atoms with Crippen molar-refractivity contribution < 1.29 is 0 Å². The lowest BCUT2D eigenvalue weighted by molar-refractivity contribution is 1.13. The molecule has 0 atom stereocenters. The van der Waals surface area contributed by atoms with Crippen LogP contribution in [0, 0.1) is 208 Å². The molecule has 0 N–H and O–H groups in total. The average molecular weight is 899 g/mol. The average Bonchev–Trinajstić information content (AvgIpc) is 3.29. The Bertz CT molecular complexity index is 2540. The van der Waals surface area contributed by atoms with Crippen LogP contribution in [0.3, 0.4) is 0 Å². The molecule has 0 heterocycles. The molecule has 0 aliphatic carbocycles. The van der Waals surface area contributed by atoms with Gasteiger partial charge in [0.25, 0.3) is 0 Å². The monoisotopic (exact) mass is 899 g/mol. The summed E-state index contributed by atoms with van der Waals surface area (Å²) in [5.41, 5.74) is 51.8. The van der Waals surface area contributed by atoms with E-state index in [0.717, 1.165) is 0 Å². The second-order valence-electron chi connectivity index (χ2n) is 21.0. The van der Waals surface area contributed by atoms with Crippen LogP contribution in [0.5, 0.6) is 0 Å². The van der Waals surface area contributed by atoms with Crippen LogP contribution in [0.15, 0.2) is 0 Å². The van der Waals surface area contributed by atoms with Crippen molar-refractivity contribution in [1.29, 1.82) is 0 Å². The van der Waals surface area contributed by atoms with E-state index < -0.39 is 0 Å².